The normalized spacial score (nSPS) is 20.1. The van der Waals surface area contributed by atoms with Gasteiger partial charge in [0.1, 0.15) is 11.9 Å². The highest BCUT2D eigenvalue weighted by Gasteiger charge is 2.20. The molecule has 0 bridgehead atoms. The molecule has 0 spiro atoms. The van der Waals surface area contributed by atoms with Crippen molar-refractivity contribution in [3.63, 3.8) is 0 Å². The number of nitrogens with zero attached hydrogens (tertiary/aromatic N) is 2. The molecule has 15 heavy (non-hydrogen) atoms. The van der Waals surface area contributed by atoms with E-state index in [2.05, 4.69) is 10.3 Å². The van der Waals surface area contributed by atoms with Gasteiger partial charge in [-0.1, -0.05) is 0 Å². The fourth-order valence-corrected chi connectivity index (χ4v) is 1.52. The van der Waals surface area contributed by atoms with Crippen LogP contribution in [0.25, 0.3) is 0 Å². The van der Waals surface area contributed by atoms with Crippen molar-refractivity contribution < 1.29 is 9.66 Å². The molecule has 0 saturated carbocycles. The quantitative estimate of drug-likeness (QED) is 0.597. The fraction of sp³-hybridized carbons (Fsp3) is 0.444. The molecule has 2 heterocycles. The van der Waals surface area contributed by atoms with Gasteiger partial charge in [0, 0.05) is 6.61 Å². The van der Waals surface area contributed by atoms with E-state index >= 15 is 0 Å². The molecule has 1 N–H and O–H groups in total. The molecule has 1 unspecified atom stereocenters. The Labute approximate surface area is 86.4 Å². The number of hydrogen-bond donors (Lipinski definition) is 1. The van der Waals surface area contributed by atoms with Crippen LogP contribution in [0.2, 0.25) is 0 Å². The summed E-state index contributed by atoms with van der Waals surface area (Å²) in [7, 11) is 0. The van der Waals surface area contributed by atoms with Crippen LogP contribution in [-0.4, -0.2) is 29.2 Å². The van der Waals surface area contributed by atoms with Gasteiger partial charge in [-0.3, -0.25) is 0 Å². The van der Waals surface area contributed by atoms with Gasteiger partial charge >= 0.3 is 5.82 Å². The van der Waals surface area contributed by atoms with Gasteiger partial charge in [-0.2, -0.15) is 0 Å². The van der Waals surface area contributed by atoms with E-state index in [0.29, 0.717) is 18.9 Å². The van der Waals surface area contributed by atoms with Crippen molar-refractivity contribution in [2.24, 2.45) is 0 Å². The molecule has 1 aliphatic heterocycles. The maximum absolute atomic E-state index is 10.7. The molecule has 6 heteroatoms. The lowest BCUT2D eigenvalue weighted by Crippen LogP contribution is -2.19. The smallest absolute Gasteiger partial charge is 0.379 e. The highest BCUT2D eigenvalue weighted by atomic mass is 16.6. The minimum atomic E-state index is -0.488. The number of nitrogens with one attached hydrogen (secondary N) is 1. The third-order valence-corrected chi connectivity index (χ3v) is 2.25. The molecule has 1 fully saturated rings. The molecule has 6 nitrogen and oxygen atoms in total. The van der Waals surface area contributed by atoms with E-state index in [1.54, 1.807) is 12.1 Å². The first-order valence-corrected chi connectivity index (χ1v) is 4.71. The molecule has 1 atom stereocenters. The number of rotatable bonds is 3. The summed E-state index contributed by atoms with van der Waals surface area (Å²) < 4.78 is 5.18. The zero-order chi connectivity index (χ0) is 10.7. The first-order valence-electron chi connectivity index (χ1n) is 4.71. The summed E-state index contributed by atoms with van der Waals surface area (Å²) in [5.74, 6) is -0.135. The Hall–Kier alpha value is -1.69. The van der Waals surface area contributed by atoms with E-state index in [9.17, 15) is 10.1 Å². The molecule has 0 aromatic carbocycles. The summed E-state index contributed by atoms with van der Waals surface area (Å²) in [5.41, 5.74) is 0.456. The van der Waals surface area contributed by atoms with Gasteiger partial charge in [0.05, 0.1) is 12.6 Å². The Kier molecular flexibility index (Phi) is 2.77. The Morgan fingerprint density at radius 3 is 3.20 bits per heavy atom. The summed E-state index contributed by atoms with van der Waals surface area (Å²) in [5, 5.41) is 13.7. The van der Waals surface area contributed by atoms with E-state index < -0.39 is 4.92 Å². The second kappa shape index (κ2) is 4.22. The highest BCUT2D eigenvalue weighted by molar-refractivity contribution is 5.57. The highest BCUT2D eigenvalue weighted by Crippen LogP contribution is 2.22. The van der Waals surface area contributed by atoms with Crippen molar-refractivity contribution in [3.05, 3.63) is 28.4 Å². The van der Waals surface area contributed by atoms with Gasteiger partial charge in [-0.25, -0.2) is 0 Å². The van der Waals surface area contributed by atoms with Crippen molar-refractivity contribution in [3.8, 4) is 0 Å². The molecule has 0 aliphatic carbocycles. The number of ether oxygens (including phenoxy) is 1. The first-order chi connectivity index (χ1) is 7.27. The summed E-state index contributed by atoms with van der Waals surface area (Å²) >= 11 is 0. The minimum Gasteiger partial charge on any atom is -0.379 e. The van der Waals surface area contributed by atoms with Crippen LogP contribution in [0.4, 0.5) is 11.5 Å². The third-order valence-electron chi connectivity index (χ3n) is 2.25. The average molecular weight is 209 g/mol. The van der Waals surface area contributed by atoms with Crippen LogP contribution in [-0.2, 0) is 4.74 Å². The molecular formula is C9H11N3O3. The van der Waals surface area contributed by atoms with Gasteiger partial charge in [0.15, 0.2) is 0 Å². The van der Waals surface area contributed by atoms with Crippen molar-refractivity contribution in [1.82, 2.24) is 4.98 Å². The van der Waals surface area contributed by atoms with Gasteiger partial charge in [-0.05, 0) is 28.5 Å². The van der Waals surface area contributed by atoms with Crippen LogP contribution in [0.1, 0.15) is 6.42 Å². The Morgan fingerprint density at radius 1 is 1.67 bits per heavy atom. The van der Waals surface area contributed by atoms with Crippen LogP contribution < -0.4 is 5.32 Å². The van der Waals surface area contributed by atoms with Gasteiger partial charge in [0.2, 0.25) is 0 Å². The maximum atomic E-state index is 10.7. The van der Waals surface area contributed by atoms with Crippen LogP contribution in [0, 0.1) is 10.1 Å². The van der Waals surface area contributed by atoms with E-state index in [4.69, 9.17) is 4.74 Å². The molecule has 0 radical (unpaired) electrons. The number of aromatic nitrogens is 1. The Bertz CT molecular complexity index is 363. The molecule has 0 amide bonds. The van der Waals surface area contributed by atoms with Crippen LogP contribution >= 0.6 is 0 Å². The van der Waals surface area contributed by atoms with E-state index in [1.165, 1.54) is 6.20 Å². The number of anilines is 1. The van der Waals surface area contributed by atoms with E-state index in [-0.39, 0.29) is 11.9 Å². The largest absolute Gasteiger partial charge is 0.386 e. The summed E-state index contributed by atoms with van der Waals surface area (Å²) in [6.07, 6.45) is 2.28. The topological polar surface area (TPSA) is 77.3 Å². The molecular weight excluding hydrogens is 198 g/mol. The van der Waals surface area contributed by atoms with Gasteiger partial charge in [-0.15, -0.1) is 0 Å². The zero-order valence-corrected chi connectivity index (χ0v) is 8.05. The van der Waals surface area contributed by atoms with Crippen LogP contribution in [0.3, 0.4) is 0 Å². The summed E-state index contributed by atoms with van der Waals surface area (Å²) in [4.78, 5) is 13.9. The predicted molar refractivity (Wildman–Crippen MR) is 53.7 cm³/mol. The lowest BCUT2D eigenvalue weighted by molar-refractivity contribution is -0.388. The Balaban J connectivity index is 2.15. The predicted octanol–water partition coefficient (Wildman–Crippen LogP) is 1.19. The number of hydrogen-bond acceptors (Lipinski definition) is 5. The van der Waals surface area contributed by atoms with Crippen LogP contribution in [0.15, 0.2) is 18.3 Å². The molecule has 1 saturated heterocycles. The molecule has 1 aliphatic rings. The third kappa shape index (κ3) is 2.21. The summed E-state index contributed by atoms with van der Waals surface area (Å²) in [6, 6.07) is 3.47. The second-order valence-corrected chi connectivity index (χ2v) is 3.34. The molecule has 1 aromatic heterocycles. The fourth-order valence-electron chi connectivity index (χ4n) is 1.52. The lowest BCUT2D eigenvalue weighted by atomic mass is 10.2. The first kappa shape index (κ1) is 9.85. The minimum absolute atomic E-state index is 0.135. The van der Waals surface area contributed by atoms with E-state index in [1.807, 2.05) is 0 Å². The second-order valence-electron chi connectivity index (χ2n) is 3.34. The Morgan fingerprint density at radius 2 is 2.53 bits per heavy atom. The van der Waals surface area contributed by atoms with Crippen molar-refractivity contribution >= 4 is 11.5 Å². The number of pyridine rings is 1. The van der Waals surface area contributed by atoms with Gasteiger partial charge in [0.25, 0.3) is 0 Å². The molecule has 1 aromatic rings. The number of nitro groups is 1. The SMILES string of the molecule is O=[N+]([O-])c1ncccc1NC1CCOC1. The van der Waals surface area contributed by atoms with Gasteiger partial charge < -0.3 is 20.2 Å². The zero-order valence-electron chi connectivity index (χ0n) is 8.05. The lowest BCUT2D eigenvalue weighted by Gasteiger charge is -2.11. The van der Waals surface area contributed by atoms with Crippen molar-refractivity contribution in [2.45, 2.75) is 12.5 Å². The van der Waals surface area contributed by atoms with E-state index in [0.717, 1.165) is 6.42 Å². The monoisotopic (exact) mass is 209 g/mol. The average Bonchev–Trinajstić information content (AvgIpc) is 2.71. The molecule has 80 valence electrons. The molecule has 2 rings (SSSR count). The summed E-state index contributed by atoms with van der Waals surface area (Å²) in [6.45, 7) is 1.29. The van der Waals surface area contributed by atoms with Crippen molar-refractivity contribution in [1.29, 1.82) is 0 Å². The standard InChI is InChI=1S/C9H11N3O3/c13-12(14)9-8(2-1-4-10-9)11-7-3-5-15-6-7/h1-2,4,7,11H,3,5-6H2. The maximum Gasteiger partial charge on any atom is 0.386 e. The van der Waals surface area contributed by atoms with Crippen molar-refractivity contribution in [2.75, 3.05) is 18.5 Å². The van der Waals surface area contributed by atoms with Crippen LogP contribution in [0.5, 0.6) is 0 Å².